The zero-order valence-corrected chi connectivity index (χ0v) is 10.6. The van der Waals surface area contributed by atoms with Crippen LogP contribution in [0.5, 0.6) is 0 Å². The molecule has 0 bridgehead atoms. The van der Waals surface area contributed by atoms with Crippen molar-refractivity contribution < 1.29 is 4.74 Å². The van der Waals surface area contributed by atoms with Crippen molar-refractivity contribution in [3.8, 4) is 0 Å². The van der Waals surface area contributed by atoms with Crippen molar-refractivity contribution in [3.63, 3.8) is 0 Å². The Kier molecular flexibility index (Phi) is 5.50. The highest BCUT2D eigenvalue weighted by Gasteiger charge is 2.07. The smallest absolute Gasteiger partial charge is 0.0662 e. The van der Waals surface area contributed by atoms with Gasteiger partial charge in [0.1, 0.15) is 0 Å². The van der Waals surface area contributed by atoms with Gasteiger partial charge in [-0.05, 0) is 31.4 Å². The summed E-state index contributed by atoms with van der Waals surface area (Å²) in [5.41, 5.74) is 8.62. The van der Waals surface area contributed by atoms with Crippen molar-refractivity contribution in [3.05, 3.63) is 35.4 Å². The normalized spacial score (nSPS) is 13.1. The standard InChI is InChI=1S/C14H23NO/c1-4-6-12-7-5-8-13(9-12)14(15)10-16-11(2)3/h5,7-9,11,14H,4,6,10,15H2,1-3H3. The van der Waals surface area contributed by atoms with E-state index >= 15 is 0 Å². The topological polar surface area (TPSA) is 35.2 Å². The maximum absolute atomic E-state index is 6.08. The lowest BCUT2D eigenvalue weighted by Crippen LogP contribution is -2.19. The predicted molar refractivity (Wildman–Crippen MR) is 68.5 cm³/mol. The molecule has 0 aliphatic carbocycles. The third-order valence-corrected chi connectivity index (χ3v) is 2.53. The van der Waals surface area contributed by atoms with Gasteiger partial charge < -0.3 is 10.5 Å². The van der Waals surface area contributed by atoms with Crippen molar-refractivity contribution in [2.45, 2.75) is 45.8 Å². The van der Waals surface area contributed by atoms with Crippen LogP contribution in [0.1, 0.15) is 44.4 Å². The fourth-order valence-electron chi connectivity index (χ4n) is 1.66. The monoisotopic (exact) mass is 221 g/mol. The Morgan fingerprint density at radius 1 is 1.31 bits per heavy atom. The zero-order valence-electron chi connectivity index (χ0n) is 10.6. The molecule has 0 aliphatic heterocycles. The molecule has 0 fully saturated rings. The molecule has 0 amide bonds. The predicted octanol–water partition coefficient (Wildman–Crippen LogP) is 3.06. The summed E-state index contributed by atoms with van der Waals surface area (Å²) in [6.45, 7) is 6.84. The fraction of sp³-hybridized carbons (Fsp3) is 0.571. The molecule has 1 aromatic rings. The summed E-state index contributed by atoms with van der Waals surface area (Å²) < 4.78 is 5.53. The average molecular weight is 221 g/mol. The van der Waals surface area contributed by atoms with E-state index in [1.807, 2.05) is 13.8 Å². The van der Waals surface area contributed by atoms with Crippen molar-refractivity contribution in [1.82, 2.24) is 0 Å². The van der Waals surface area contributed by atoms with Crippen LogP contribution in [0.15, 0.2) is 24.3 Å². The first kappa shape index (κ1) is 13.2. The van der Waals surface area contributed by atoms with E-state index in [9.17, 15) is 0 Å². The Labute approximate surface area is 98.8 Å². The number of benzene rings is 1. The van der Waals surface area contributed by atoms with Crippen molar-refractivity contribution in [2.75, 3.05) is 6.61 Å². The van der Waals surface area contributed by atoms with Crippen LogP contribution in [0.3, 0.4) is 0 Å². The number of rotatable bonds is 6. The van der Waals surface area contributed by atoms with Crippen LogP contribution in [0.25, 0.3) is 0 Å². The SMILES string of the molecule is CCCc1cccc(C(N)COC(C)C)c1. The molecule has 1 atom stereocenters. The van der Waals surface area contributed by atoms with E-state index < -0.39 is 0 Å². The van der Waals surface area contributed by atoms with Gasteiger partial charge in [-0.1, -0.05) is 37.6 Å². The average Bonchev–Trinajstić information content (AvgIpc) is 2.26. The summed E-state index contributed by atoms with van der Waals surface area (Å²) in [5, 5.41) is 0. The van der Waals surface area contributed by atoms with E-state index in [1.165, 1.54) is 17.5 Å². The molecule has 0 radical (unpaired) electrons. The van der Waals surface area contributed by atoms with Gasteiger partial charge in [0.05, 0.1) is 18.8 Å². The molecule has 0 aromatic heterocycles. The summed E-state index contributed by atoms with van der Waals surface area (Å²) in [4.78, 5) is 0. The first-order valence-corrected chi connectivity index (χ1v) is 6.09. The minimum absolute atomic E-state index is 0.0146. The Hall–Kier alpha value is -0.860. The van der Waals surface area contributed by atoms with Crippen LogP contribution < -0.4 is 5.73 Å². The van der Waals surface area contributed by atoms with Crippen LogP contribution in [-0.2, 0) is 11.2 Å². The van der Waals surface area contributed by atoms with Crippen LogP contribution in [0, 0.1) is 0 Å². The molecular weight excluding hydrogens is 198 g/mol. The molecule has 2 nitrogen and oxygen atoms in total. The lowest BCUT2D eigenvalue weighted by molar-refractivity contribution is 0.0683. The van der Waals surface area contributed by atoms with Gasteiger partial charge in [0.15, 0.2) is 0 Å². The summed E-state index contributed by atoms with van der Waals surface area (Å²) in [5.74, 6) is 0. The largest absolute Gasteiger partial charge is 0.377 e. The molecular formula is C14H23NO. The molecule has 90 valence electrons. The molecule has 1 unspecified atom stereocenters. The molecule has 2 N–H and O–H groups in total. The van der Waals surface area contributed by atoms with Crippen LogP contribution >= 0.6 is 0 Å². The van der Waals surface area contributed by atoms with Gasteiger partial charge in [-0.3, -0.25) is 0 Å². The van der Waals surface area contributed by atoms with Crippen molar-refractivity contribution in [1.29, 1.82) is 0 Å². The molecule has 0 spiro atoms. The Bertz CT molecular complexity index is 309. The maximum Gasteiger partial charge on any atom is 0.0662 e. The third-order valence-electron chi connectivity index (χ3n) is 2.53. The van der Waals surface area contributed by atoms with Gasteiger partial charge in [-0.15, -0.1) is 0 Å². The minimum Gasteiger partial charge on any atom is -0.377 e. The summed E-state index contributed by atoms with van der Waals surface area (Å²) in [6.07, 6.45) is 2.53. The minimum atomic E-state index is -0.0146. The molecule has 2 heteroatoms. The number of nitrogens with two attached hydrogens (primary N) is 1. The van der Waals surface area contributed by atoms with E-state index in [0.717, 1.165) is 6.42 Å². The lowest BCUT2D eigenvalue weighted by atomic mass is 10.0. The summed E-state index contributed by atoms with van der Waals surface area (Å²) in [6, 6.07) is 8.49. The molecule has 1 aromatic carbocycles. The van der Waals surface area contributed by atoms with E-state index in [1.54, 1.807) is 0 Å². The van der Waals surface area contributed by atoms with E-state index in [-0.39, 0.29) is 12.1 Å². The first-order chi connectivity index (χ1) is 7.63. The Balaban J connectivity index is 2.60. The van der Waals surface area contributed by atoms with E-state index in [2.05, 4.69) is 31.2 Å². The highest BCUT2D eigenvalue weighted by atomic mass is 16.5. The molecule has 0 saturated heterocycles. The Morgan fingerprint density at radius 2 is 2.06 bits per heavy atom. The number of aryl methyl sites for hydroxylation is 1. The summed E-state index contributed by atoms with van der Waals surface area (Å²) in [7, 11) is 0. The van der Waals surface area contributed by atoms with Crippen LogP contribution in [-0.4, -0.2) is 12.7 Å². The number of hydrogen-bond donors (Lipinski definition) is 1. The molecule has 0 heterocycles. The molecule has 0 saturated carbocycles. The number of hydrogen-bond acceptors (Lipinski definition) is 2. The van der Waals surface area contributed by atoms with Gasteiger partial charge in [-0.25, -0.2) is 0 Å². The second-order valence-electron chi connectivity index (χ2n) is 4.48. The van der Waals surface area contributed by atoms with Gasteiger partial charge >= 0.3 is 0 Å². The highest BCUT2D eigenvalue weighted by molar-refractivity contribution is 5.26. The second kappa shape index (κ2) is 6.66. The quantitative estimate of drug-likeness (QED) is 0.801. The van der Waals surface area contributed by atoms with Crippen LogP contribution in [0.4, 0.5) is 0 Å². The second-order valence-corrected chi connectivity index (χ2v) is 4.48. The number of ether oxygens (including phenoxy) is 1. The van der Waals surface area contributed by atoms with E-state index in [4.69, 9.17) is 10.5 Å². The zero-order chi connectivity index (χ0) is 12.0. The van der Waals surface area contributed by atoms with Gasteiger partial charge in [0, 0.05) is 0 Å². The highest BCUT2D eigenvalue weighted by Crippen LogP contribution is 2.14. The van der Waals surface area contributed by atoms with Crippen LogP contribution in [0.2, 0.25) is 0 Å². The summed E-state index contributed by atoms with van der Waals surface area (Å²) >= 11 is 0. The fourth-order valence-corrected chi connectivity index (χ4v) is 1.66. The molecule has 1 rings (SSSR count). The molecule has 0 aliphatic rings. The van der Waals surface area contributed by atoms with Gasteiger partial charge in [0.25, 0.3) is 0 Å². The lowest BCUT2D eigenvalue weighted by Gasteiger charge is -2.15. The third kappa shape index (κ3) is 4.33. The van der Waals surface area contributed by atoms with Gasteiger partial charge in [-0.2, -0.15) is 0 Å². The first-order valence-electron chi connectivity index (χ1n) is 6.09. The van der Waals surface area contributed by atoms with Crippen molar-refractivity contribution in [2.24, 2.45) is 5.73 Å². The van der Waals surface area contributed by atoms with Crippen molar-refractivity contribution >= 4 is 0 Å². The van der Waals surface area contributed by atoms with Gasteiger partial charge in [0.2, 0.25) is 0 Å². The van der Waals surface area contributed by atoms with E-state index in [0.29, 0.717) is 6.61 Å². The Morgan fingerprint density at radius 3 is 2.69 bits per heavy atom. The molecule has 16 heavy (non-hydrogen) atoms. The maximum atomic E-state index is 6.08.